The maximum atomic E-state index is 14.5. The third kappa shape index (κ3) is 3.45. The summed E-state index contributed by atoms with van der Waals surface area (Å²) < 4.78 is 29.2. The van der Waals surface area contributed by atoms with Crippen LogP contribution in [-0.4, -0.2) is 31.7 Å². The molecule has 2 heterocycles. The van der Waals surface area contributed by atoms with Crippen molar-refractivity contribution in [2.24, 2.45) is 5.92 Å². The van der Waals surface area contributed by atoms with Crippen LogP contribution in [0.15, 0.2) is 42.7 Å². The maximum Gasteiger partial charge on any atom is 0.305 e. The molecule has 1 amide bonds. The molecular formula is C22H18F2N4O3. The molecule has 0 aliphatic heterocycles. The zero-order valence-corrected chi connectivity index (χ0v) is 16.3. The highest BCUT2D eigenvalue weighted by molar-refractivity contribution is 5.95. The Labute approximate surface area is 175 Å². The summed E-state index contributed by atoms with van der Waals surface area (Å²) in [6, 6.07) is 5.79. The third-order valence-electron chi connectivity index (χ3n) is 5.89. The number of nitrogens with one attached hydrogen (secondary N) is 1. The zero-order chi connectivity index (χ0) is 21.7. The van der Waals surface area contributed by atoms with Crippen LogP contribution in [0.5, 0.6) is 0 Å². The van der Waals surface area contributed by atoms with Crippen LogP contribution in [0, 0.1) is 17.6 Å². The lowest BCUT2D eigenvalue weighted by Gasteiger charge is -2.16. The molecule has 0 spiro atoms. The van der Waals surface area contributed by atoms with Crippen molar-refractivity contribution in [1.82, 2.24) is 20.1 Å². The molecule has 1 fully saturated rings. The number of fused-ring (bicyclic) bond motifs is 3. The van der Waals surface area contributed by atoms with Gasteiger partial charge in [-0.2, -0.15) is 5.10 Å². The standard InChI is InChI=1S/C22H18F2N4O3/c23-13-3-4-18(16(24)8-13)28-21-14-6-12(14)7-15(21)20(27-28)22(31)26-17(9-19(29)30)11-2-1-5-25-10-11/h1-5,8,10,12,14,17H,6-7,9H2,(H,26,31)(H,29,30)/t12-,14-,17?/m0/s1. The van der Waals surface area contributed by atoms with Crippen LogP contribution < -0.4 is 5.32 Å². The fraction of sp³-hybridized carbons (Fsp3) is 0.273. The first-order chi connectivity index (χ1) is 14.9. The lowest BCUT2D eigenvalue weighted by Crippen LogP contribution is -2.31. The quantitative estimate of drug-likeness (QED) is 0.634. The minimum Gasteiger partial charge on any atom is -0.481 e. The molecule has 0 radical (unpaired) electrons. The van der Waals surface area contributed by atoms with Crippen molar-refractivity contribution in [3.05, 3.63) is 76.9 Å². The van der Waals surface area contributed by atoms with E-state index in [1.807, 2.05) is 0 Å². The first-order valence-corrected chi connectivity index (χ1v) is 9.92. The van der Waals surface area contributed by atoms with Gasteiger partial charge in [0.1, 0.15) is 11.5 Å². The number of halogens is 2. The monoisotopic (exact) mass is 424 g/mol. The number of rotatable bonds is 6. The van der Waals surface area contributed by atoms with Crippen molar-refractivity contribution in [2.75, 3.05) is 0 Å². The number of carbonyl (C=O) groups is 2. The van der Waals surface area contributed by atoms with E-state index >= 15 is 0 Å². The highest BCUT2D eigenvalue weighted by Gasteiger charge is 2.50. The van der Waals surface area contributed by atoms with Crippen LogP contribution in [0.2, 0.25) is 0 Å². The molecular weight excluding hydrogens is 406 g/mol. The topological polar surface area (TPSA) is 97.1 Å². The van der Waals surface area contributed by atoms with Crippen LogP contribution in [0.3, 0.4) is 0 Å². The van der Waals surface area contributed by atoms with E-state index in [-0.39, 0.29) is 23.7 Å². The van der Waals surface area contributed by atoms with E-state index in [0.29, 0.717) is 17.9 Å². The van der Waals surface area contributed by atoms with Crippen molar-refractivity contribution < 1.29 is 23.5 Å². The Hall–Kier alpha value is -3.62. The second-order valence-corrected chi connectivity index (χ2v) is 7.94. The summed E-state index contributed by atoms with van der Waals surface area (Å²) in [4.78, 5) is 28.4. The van der Waals surface area contributed by atoms with Gasteiger partial charge in [-0.05, 0) is 42.5 Å². The fourth-order valence-corrected chi connectivity index (χ4v) is 4.37. The number of amides is 1. The average molecular weight is 424 g/mol. The zero-order valence-electron chi connectivity index (χ0n) is 16.3. The van der Waals surface area contributed by atoms with Crippen LogP contribution in [0.25, 0.3) is 5.69 Å². The van der Waals surface area contributed by atoms with E-state index in [1.165, 1.54) is 16.9 Å². The number of benzene rings is 1. The van der Waals surface area contributed by atoms with Gasteiger partial charge in [-0.1, -0.05) is 6.07 Å². The minimum atomic E-state index is -1.07. The number of pyridine rings is 1. The summed E-state index contributed by atoms with van der Waals surface area (Å²) in [5.74, 6) is -2.47. The van der Waals surface area contributed by atoms with Gasteiger partial charge in [0.25, 0.3) is 5.91 Å². The molecule has 1 saturated carbocycles. The van der Waals surface area contributed by atoms with E-state index in [9.17, 15) is 23.5 Å². The fourth-order valence-electron chi connectivity index (χ4n) is 4.37. The number of carboxylic acids is 1. The lowest BCUT2D eigenvalue weighted by atomic mass is 10.0. The SMILES string of the molecule is O=C(O)CC(NC(=O)c1nn(-c2ccc(F)cc2F)c2c1C[C@@H]1C[C@H]21)c1cccnc1. The molecule has 9 heteroatoms. The van der Waals surface area contributed by atoms with E-state index < -0.39 is 29.6 Å². The second-order valence-electron chi connectivity index (χ2n) is 7.94. The van der Waals surface area contributed by atoms with Crippen molar-refractivity contribution in [3.8, 4) is 5.69 Å². The Balaban J connectivity index is 1.51. The molecule has 158 valence electrons. The van der Waals surface area contributed by atoms with E-state index in [4.69, 9.17) is 0 Å². The Kier molecular flexibility index (Phi) is 4.53. The largest absolute Gasteiger partial charge is 0.481 e. The molecule has 2 N–H and O–H groups in total. The Morgan fingerprint density at radius 1 is 1.29 bits per heavy atom. The summed E-state index contributed by atoms with van der Waals surface area (Å²) in [5.41, 5.74) is 2.30. The summed E-state index contributed by atoms with van der Waals surface area (Å²) in [6.07, 6.45) is 4.33. The molecule has 3 atom stereocenters. The average Bonchev–Trinajstić information content (AvgIpc) is 3.23. The van der Waals surface area contributed by atoms with Crippen molar-refractivity contribution in [1.29, 1.82) is 0 Å². The van der Waals surface area contributed by atoms with Gasteiger partial charge in [-0.15, -0.1) is 0 Å². The summed E-state index contributed by atoms with van der Waals surface area (Å²) >= 11 is 0. The molecule has 2 aliphatic rings. The van der Waals surface area contributed by atoms with Gasteiger partial charge in [0.2, 0.25) is 0 Å². The number of hydrogen-bond acceptors (Lipinski definition) is 4. The highest BCUT2D eigenvalue weighted by Crippen LogP contribution is 2.57. The molecule has 0 bridgehead atoms. The predicted octanol–water partition coefficient (Wildman–Crippen LogP) is 3.15. The smallest absolute Gasteiger partial charge is 0.305 e. The molecule has 0 saturated heterocycles. The van der Waals surface area contributed by atoms with Crippen molar-refractivity contribution in [2.45, 2.75) is 31.2 Å². The maximum absolute atomic E-state index is 14.5. The molecule has 7 nitrogen and oxygen atoms in total. The van der Waals surface area contributed by atoms with Gasteiger partial charge in [-0.3, -0.25) is 14.6 Å². The lowest BCUT2D eigenvalue weighted by molar-refractivity contribution is -0.137. The van der Waals surface area contributed by atoms with Crippen LogP contribution >= 0.6 is 0 Å². The van der Waals surface area contributed by atoms with Crippen molar-refractivity contribution >= 4 is 11.9 Å². The molecule has 1 unspecified atom stereocenters. The van der Waals surface area contributed by atoms with Gasteiger partial charge in [0, 0.05) is 29.9 Å². The summed E-state index contributed by atoms with van der Waals surface area (Å²) in [5, 5.41) is 16.4. The molecule has 3 aromatic rings. The number of carboxylic acid groups (broad SMARTS) is 1. The number of aliphatic carboxylic acids is 1. The minimum absolute atomic E-state index is 0.0820. The third-order valence-corrected chi connectivity index (χ3v) is 5.89. The normalized spacial score (nSPS) is 19.4. The van der Waals surface area contributed by atoms with Crippen LogP contribution in [0.1, 0.15) is 52.1 Å². The Morgan fingerprint density at radius 3 is 2.84 bits per heavy atom. The number of nitrogens with zero attached hydrogens (tertiary/aromatic N) is 3. The summed E-state index contributed by atoms with van der Waals surface area (Å²) in [6.45, 7) is 0. The van der Waals surface area contributed by atoms with Gasteiger partial charge < -0.3 is 10.4 Å². The van der Waals surface area contributed by atoms with Gasteiger partial charge in [-0.25, -0.2) is 13.5 Å². The number of carbonyl (C=O) groups excluding carboxylic acids is 1. The Morgan fingerprint density at radius 2 is 2.13 bits per heavy atom. The van der Waals surface area contributed by atoms with Gasteiger partial charge >= 0.3 is 5.97 Å². The van der Waals surface area contributed by atoms with Gasteiger partial charge in [0.15, 0.2) is 11.5 Å². The molecule has 31 heavy (non-hydrogen) atoms. The Bertz CT molecular complexity index is 1190. The van der Waals surface area contributed by atoms with E-state index in [1.54, 1.807) is 18.3 Å². The number of aromatic nitrogens is 3. The summed E-state index contributed by atoms with van der Waals surface area (Å²) in [7, 11) is 0. The van der Waals surface area contributed by atoms with E-state index in [2.05, 4.69) is 15.4 Å². The molecule has 5 rings (SSSR count). The van der Waals surface area contributed by atoms with Gasteiger partial charge in [0.05, 0.1) is 18.2 Å². The molecule has 2 aliphatic carbocycles. The first-order valence-electron chi connectivity index (χ1n) is 9.92. The van der Waals surface area contributed by atoms with Crippen molar-refractivity contribution in [3.63, 3.8) is 0 Å². The first kappa shape index (κ1) is 19.3. The van der Waals surface area contributed by atoms with Crippen LogP contribution in [-0.2, 0) is 11.2 Å². The van der Waals surface area contributed by atoms with Crippen LogP contribution in [0.4, 0.5) is 8.78 Å². The molecule has 2 aromatic heterocycles. The predicted molar refractivity (Wildman–Crippen MR) is 105 cm³/mol. The highest BCUT2D eigenvalue weighted by atomic mass is 19.1. The number of hydrogen-bond donors (Lipinski definition) is 2. The van der Waals surface area contributed by atoms with E-state index in [0.717, 1.165) is 29.8 Å². The second kappa shape index (κ2) is 7.26. The molecule has 1 aromatic carbocycles.